The summed E-state index contributed by atoms with van der Waals surface area (Å²) in [5.41, 5.74) is 0. The van der Waals surface area contributed by atoms with E-state index < -0.39 is 6.10 Å². The van der Waals surface area contributed by atoms with Gasteiger partial charge in [0.1, 0.15) is 0 Å². The summed E-state index contributed by atoms with van der Waals surface area (Å²) in [7, 11) is 0. The maximum absolute atomic E-state index is 11.3. The number of aliphatic hydroxyl groups excluding tert-OH is 2. The zero-order valence-electron chi connectivity index (χ0n) is 7.40. The Labute approximate surface area is 76.7 Å². The third-order valence-electron chi connectivity index (χ3n) is 2.02. The first-order valence-electron chi connectivity index (χ1n) is 4.38. The number of ether oxygens (including phenoxy) is 1. The van der Waals surface area contributed by atoms with Crippen LogP contribution >= 0.6 is 0 Å². The molecule has 1 rings (SSSR count). The quantitative estimate of drug-likeness (QED) is 0.502. The molecule has 0 aliphatic carbocycles. The average molecular weight is 189 g/mol. The van der Waals surface area contributed by atoms with Crippen molar-refractivity contribution in [2.24, 2.45) is 5.92 Å². The van der Waals surface area contributed by atoms with Crippen LogP contribution < -0.4 is 5.32 Å². The van der Waals surface area contributed by atoms with Gasteiger partial charge in [0.25, 0.3) is 0 Å². The monoisotopic (exact) mass is 189 g/mol. The lowest BCUT2D eigenvalue weighted by atomic mass is 10.1. The van der Waals surface area contributed by atoms with E-state index in [0.29, 0.717) is 13.2 Å². The Morgan fingerprint density at radius 2 is 2.46 bits per heavy atom. The predicted octanol–water partition coefficient (Wildman–Crippen LogP) is -1.51. The van der Waals surface area contributed by atoms with Crippen molar-refractivity contribution in [2.75, 3.05) is 26.4 Å². The Hall–Kier alpha value is -0.650. The molecule has 3 N–H and O–H groups in total. The van der Waals surface area contributed by atoms with Gasteiger partial charge < -0.3 is 20.3 Å². The molecule has 5 nitrogen and oxygen atoms in total. The van der Waals surface area contributed by atoms with Gasteiger partial charge in [-0.3, -0.25) is 4.79 Å². The first-order valence-corrected chi connectivity index (χ1v) is 4.38. The van der Waals surface area contributed by atoms with Crippen molar-refractivity contribution >= 4 is 5.91 Å². The number of rotatable bonds is 4. The van der Waals surface area contributed by atoms with Gasteiger partial charge in [0.2, 0.25) is 5.91 Å². The Morgan fingerprint density at radius 1 is 1.69 bits per heavy atom. The summed E-state index contributed by atoms with van der Waals surface area (Å²) in [6, 6.07) is 0. The van der Waals surface area contributed by atoms with Gasteiger partial charge in [-0.1, -0.05) is 0 Å². The van der Waals surface area contributed by atoms with E-state index in [-0.39, 0.29) is 25.0 Å². The molecule has 1 heterocycles. The Kier molecular flexibility index (Phi) is 4.14. The Morgan fingerprint density at radius 3 is 3.00 bits per heavy atom. The molecule has 0 spiro atoms. The van der Waals surface area contributed by atoms with E-state index in [4.69, 9.17) is 14.9 Å². The van der Waals surface area contributed by atoms with E-state index >= 15 is 0 Å². The largest absolute Gasteiger partial charge is 0.394 e. The van der Waals surface area contributed by atoms with Gasteiger partial charge in [-0.15, -0.1) is 0 Å². The van der Waals surface area contributed by atoms with Gasteiger partial charge in [-0.2, -0.15) is 0 Å². The van der Waals surface area contributed by atoms with Crippen molar-refractivity contribution in [3.63, 3.8) is 0 Å². The molecule has 0 aromatic carbocycles. The molecule has 1 amide bonds. The molecule has 0 aromatic rings. The minimum absolute atomic E-state index is 0.0918. The average Bonchev–Trinajstić information content (AvgIpc) is 2.66. The number of nitrogens with one attached hydrogen (secondary N) is 1. The maximum Gasteiger partial charge on any atom is 0.225 e. The minimum Gasteiger partial charge on any atom is -0.394 e. The van der Waals surface area contributed by atoms with Crippen molar-refractivity contribution in [3.05, 3.63) is 0 Å². The molecule has 0 radical (unpaired) electrons. The van der Waals surface area contributed by atoms with E-state index in [1.165, 1.54) is 0 Å². The summed E-state index contributed by atoms with van der Waals surface area (Å²) in [6.45, 7) is 0.856. The number of carbonyl (C=O) groups is 1. The molecule has 1 aliphatic heterocycles. The van der Waals surface area contributed by atoms with E-state index in [0.717, 1.165) is 6.42 Å². The fraction of sp³-hybridized carbons (Fsp3) is 0.875. The van der Waals surface area contributed by atoms with Crippen LogP contribution in [0.25, 0.3) is 0 Å². The van der Waals surface area contributed by atoms with Gasteiger partial charge in [-0.25, -0.2) is 0 Å². The first-order chi connectivity index (χ1) is 6.24. The standard InChI is InChI=1S/C8H15NO4/c10-4-7(11)3-9-8(12)6-1-2-13-5-6/h6-7,10-11H,1-5H2,(H,9,12). The van der Waals surface area contributed by atoms with Crippen LogP contribution in [0.5, 0.6) is 0 Å². The van der Waals surface area contributed by atoms with Gasteiger partial charge in [0, 0.05) is 13.2 Å². The van der Waals surface area contributed by atoms with Gasteiger partial charge in [0.05, 0.1) is 25.2 Å². The zero-order valence-corrected chi connectivity index (χ0v) is 7.40. The topological polar surface area (TPSA) is 78.8 Å². The number of amides is 1. The summed E-state index contributed by atoms with van der Waals surface area (Å²) >= 11 is 0. The Bertz CT molecular complexity index is 168. The van der Waals surface area contributed by atoms with Crippen LogP contribution in [0.3, 0.4) is 0 Å². The summed E-state index contributed by atoms with van der Waals surface area (Å²) in [4.78, 5) is 11.3. The van der Waals surface area contributed by atoms with Crippen LogP contribution in [0.1, 0.15) is 6.42 Å². The van der Waals surface area contributed by atoms with Crippen LogP contribution in [0.2, 0.25) is 0 Å². The van der Waals surface area contributed by atoms with Gasteiger partial charge >= 0.3 is 0 Å². The molecule has 1 fully saturated rings. The molecule has 0 bridgehead atoms. The molecule has 1 saturated heterocycles. The van der Waals surface area contributed by atoms with Gasteiger partial charge in [-0.05, 0) is 6.42 Å². The Balaban J connectivity index is 2.16. The lowest BCUT2D eigenvalue weighted by Gasteiger charge is -2.11. The van der Waals surface area contributed by atoms with Gasteiger partial charge in [0.15, 0.2) is 0 Å². The SMILES string of the molecule is O=C(NCC(O)CO)C1CCOC1. The van der Waals surface area contributed by atoms with Crippen molar-refractivity contribution in [3.8, 4) is 0 Å². The maximum atomic E-state index is 11.3. The molecular formula is C8H15NO4. The highest BCUT2D eigenvalue weighted by Gasteiger charge is 2.23. The smallest absolute Gasteiger partial charge is 0.225 e. The van der Waals surface area contributed by atoms with E-state index in [1.807, 2.05) is 0 Å². The van der Waals surface area contributed by atoms with Crippen LogP contribution in [0, 0.1) is 5.92 Å². The molecule has 2 atom stereocenters. The third-order valence-corrected chi connectivity index (χ3v) is 2.02. The second-order valence-corrected chi connectivity index (χ2v) is 3.14. The summed E-state index contributed by atoms with van der Waals surface area (Å²) in [6.07, 6.45) is -0.132. The van der Waals surface area contributed by atoms with Crippen molar-refractivity contribution in [1.82, 2.24) is 5.32 Å². The number of hydrogen-bond acceptors (Lipinski definition) is 4. The molecular weight excluding hydrogens is 174 g/mol. The third kappa shape index (κ3) is 3.30. The van der Waals surface area contributed by atoms with Crippen LogP contribution in [-0.2, 0) is 9.53 Å². The molecule has 13 heavy (non-hydrogen) atoms. The number of carbonyl (C=O) groups excluding carboxylic acids is 1. The minimum atomic E-state index is -0.869. The summed E-state index contributed by atoms with van der Waals surface area (Å²) in [5, 5.41) is 20.0. The normalized spacial score (nSPS) is 24.3. The lowest BCUT2D eigenvalue weighted by molar-refractivity contribution is -0.125. The first kappa shape index (κ1) is 10.4. The molecule has 76 valence electrons. The fourth-order valence-electron chi connectivity index (χ4n) is 1.17. The second-order valence-electron chi connectivity index (χ2n) is 3.14. The summed E-state index contributed by atoms with van der Waals surface area (Å²) in [5.74, 6) is -0.198. The molecule has 0 saturated carbocycles. The van der Waals surface area contributed by atoms with Crippen LogP contribution in [-0.4, -0.2) is 48.6 Å². The van der Waals surface area contributed by atoms with Crippen LogP contribution in [0.4, 0.5) is 0 Å². The van der Waals surface area contributed by atoms with E-state index in [1.54, 1.807) is 0 Å². The highest BCUT2D eigenvalue weighted by Crippen LogP contribution is 2.11. The van der Waals surface area contributed by atoms with Crippen molar-refractivity contribution in [2.45, 2.75) is 12.5 Å². The molecule has 0 aromatic heterocycles. The second kappa shape index (κ2) is 5.16. The van der Waals surface area contributed by atoms with E-state index in [2.05, 4.69) is 5.32 Å². The lowest BCUT2D eigenvalue weighted by Crippen LogP contribution is -2.37. The molecule has 2 unspecified atom stereocenters. The van der Waals surface area contributed by atoms with Crippen molar-refractivity contribution in [1.29, 1.82) is 0 Å². The molecule has 5 heteroatoms. The summed E-state index contributed by atoms with van der Waals surface area (Å²) < 4.78 is 5.04. The highest BCUT2D eigenvalue weighted by molar-refractivity contribution is 5.78. The predicted molar refractivity (Wildman–Crippen MR) is 45.0 cm³/mol. The highest BCUT2D eigenvalue weighted by atomic mass is 16.5. The number of hydrogen-bond donors (Lipinski definition) is 3. The van der Waals surface area contributed by atoms with E-state index in [9.17, 15) is 4.79 Å². The fourth-order valence-corrected chi connectivity index (χ4v) is 1.17. The van der Waals surface area contributed by atoms with Crippen LogP contribution in [0.15, 0.2) is 0 Å². The van der Waals surface area contributed by atoms with Crippen molar-refractivity contribution < 1.29 is 19.7 Å². The molecule has 1 aliphatic rings. The zero-order chi connectivity index (χ0) is 9.68. The number of aliphatic hydroxyl groups is 2.